The third-order valence-corrected chi connectivity index (χ3v) is 2.95. The standard InChI is InChI=1S/C7H16ClNO3S/c1-7(2,10)6-9-13(11,12)5-3-4-8/h9-10H,3-6H2,1-2H3. The topological polar surface area (TPSA) is 66.4 Å². The third-order valence-electron chi connectivity index (χ3n) is 1.27. The Morgan fingerprint density at radius 2 is 2.00 bits per heavy atom. The van der Waals surface area contributed by atoms with Crippen molar-refractivity contribution >= 4 is 21.6 Å². The number of alkyl halides is 1. The van der Waals surface area contributed by atoms with Crippen molar-refractivity contribution in [2.75, 3.05) is 18.2 Å². The molecule has 0 saturated carbocycles. The molecule has 0 aliphatic heterocycles. The minimum absolute atomic E-state index is 0.00653. The molecule has 0 amide bonds. The molecular formula is C7H16ClNO3S. The number of aliphatic hydroxyl groups is 1. The Labute approximate surface area is 84.3 Å². The summed E-state index contributed by atoms with van der Waals surface area (Å²) in [6.45, 7) is 3.10. The normalized spacial score (nSPS) is 13.2. The molecule has 0 rings (SSSR count). The first kappa shape index (κ1) is 13.2. The fourth-order valence-electron chi connectivity index (χ4n) is 0.603. The van der Waals surface area contributed by atoms with Crippen molar-refractivity contribution in [3.63, 3.8) is 0 Å². The molecule has 0 radical (unpaired) electrons. The van der Waals surface area contributed by atoms with Crippen molar-refractivity contribution in [1.29, 1.82) is 0 Å². The number of hydrogen-bond acceptors (Lipinski definition) is 3. The van der Waals surface area contributed by atoms with Crippen LogP contribution < -0.4 is 4.72 Å². The van der Waals surface area contributed by atoms with E-state index < -0.39 is 15.6 Å². The lowest BCUT2D eigenvalue weighted by Crippen LogP contribution is -2.39. The molecule has 0 aromatic carbocycles. The first-order valence-corrected chi connectivity index (χ1v) is 6.21. The van der Waals surface area contributed by atoms with Crippen LogP contribution in [0.4, 0.5) is 0 Å². The van der Waals surface area contributed by atoms with E-state index in [1.54, 1.807) is 0 Å². The molecule has 0 unspecified atom stereocenters. The summed E-state index contributed by atoms with van der Waals surface area (Å²) < 4.78 is 24.6. The molecule has 6 heteroatoms. The van der Waals surface area contributed by atoms with E-state index in [1.807, 2.05) is 0 Å². The smallest absolute Gasteiger partial charge is 0.211 e. The molecule has 0 bridgehead atoms. The summed E-state index contributed by atoms with van der Waals surface area (Å²) in [7, 11) is -3.27. The van der Waals surface area contributed by atoms with Crippen LogP contribution in [0.2, 0.25) is 0 Å². The van der Waals surface area contributed by atoms with Gasteiger partial charge in [-0.1, -0.05) is 0 Å². The van der Waals surface area contributed by atoms with Gasteiger partial charge >= 0.3 is 0 Å². The third kappa shape index (κ3) is 8.49. The molecule has 0 aromatic heterocycles. The Bertz CT molecular complexity index is 233. The average molecular weight is 230 g/mol. The molecule has 0 aliphatic rings. The second-order valence-electron chi connectivity index (χ2n) is 3.49. The second kappa shape index (κ2) is 5.14. The summed E-state index contributed by atoms with van der Waals surface area (Å²) in [5.74, 6) is 0.329. The zero-order valence-corrected chi connectivity index (χ0v) is 9.45. The van der Waals surface area contributed by atoms with Crippen molar-refractivity contribution in [2.24, 2.45) is 0 Å². The Kier molecular flexibility index (Phi) is 5.21. The van der Waals surface area contributed by atoms with Gasteiger partial charge in [-0.3, -0.25) is 0 Å². The Hall–Kier alpha value is 0.160. The van der Waals surface area contributed by atoms with Gasteiger partial charge in [0.2, 0.25) is 10.0 Å². The lowest BCUT2D eigenvalue weighted by Gasteiger charge is -2.17. The van der Waals surface area contributed by atoms with Crippen LogP contribution in [0.1, 0.15) is 20.3 Å². The van der Waals surface area contributed by atoms with E-state index in [-0.39, 0.29) is 12.3 Å². The Morgan fingerprint density at radius 1 is 1.46 bits per heavy atom. The Morgan fingerprint density at radius 3 is 2.38 bits per heavy atom. The first-order valence-electron chi connectivity index (χ1n) is 4.02. The monoisotopic (exact) mass is 229 g/mol. The van der Waals surface area contributed by atoms with Crippen LogP contribution in [0.5, 0.6) is 0 Å². The molecule has 0 fully saturated rings. The average Bonchev–Trinajstić information content (AvgIpc) is 1.97. The van der Waals surface area contributed by atoms with Gasteiger partial charge in [0.25, 0.3) is 0 Å². The molecule has 80 valence electrons. The molecule has 4 nitrogen and oxygen atoms in total. The van der Waals surface area contributed by atoms with Gasteiger partial charge < -0.3 is 5.11 Å². The van der Waals surface area contributed by atoms with E-state index in [0.717, 1.165) is 0 Å². The maximum absolute atomic E-state index is 11.2. The van der Waals surface area contributed by atoms with Gasteiger partial charge in [0.15, 0.2) is 0 Å². The van der Waals surface area contributed by atoms with Gasteiger partial charge in [-0.05, 0) is 20.3 Å². The van der Waals surface area contributed by atoms with E-state index in [4.69, 9.17) is 11.6 Å². The minimum atomic E-state index is -3.27. The first-order chi connectivity index (χ1) is 5.77. The van der Waals surface area contributed by atoms with Gasteiger partial charge in [0, 0.05) is 12.4 Å². The highest BCUT2D eigenvalue weighted by Crippen LogP contribution is 1.99. The van der Waals surface area contributed by atoms with Crippen LogP contribution >= 0.6 is 11.6 Å². The zero-order valence-electron chi connectivity index (χ0n) is 7.88. The highest BCUT2D eigenvalue weighted by molar-refractivity contribution is 7.89. The zero-order chi connectivity index (χ0) is 10.5. The molecule has 0 saturated heterocycles. The summed E-state index contributed by atoms with van der Waals surface area (Å²) in [5, 5.41) is 9.25. The van der Waals surface area contributed by atoms with Crippen LogP contribution in [0.3, 0.4) is 0 Å². The number of rotatable bonds is 6. The van der Waals surface area contributed by atoms with Crippen LogP contribution in [-0.4, -0.2) is 37.3 Å². The van der Waals surface area contributed by atoms with Crippen molar-refractivity contribution < 1.29 is 13.5 Å². The molecule has 0 heterocycles. The SMILES string of the molecule is CC(C)(O)CNS(=O)(=O)CCCCl. The van der Waals surface area contributed by atoms with Crippen LogP contribution in [0.25, 0.3) is 0 Å². The number of sulfonamides is 1. The predicted octanol–water partition coefficient (Wildman–Crippen LogP) is 0.306. The summed E-state index contributed by atoms with van der Waals surface area (Å²) in [6.07, 6.45) is 0.419. The molecule has 2 N–H and O–H groups in total. The predicted molar refractivity (Wildman–Crippen MR) is 53.4 cm³/mol. The van der Waals surface area contributed by atoms with Crippen molar-refractivity contribution in [2.45, 2.75) is 25.9 Å². The fourth-order valence-corrected chi connectivity index (χ4v) is 2.14. The summed E-state index contributed by atoms with van der Waals surface area (Å²) in [5.41, 5.74) is -1.02. The molecular weight excluding hydrogens is 214 g/mol. The number of hydrogen-bond donors (Lipinski definition) is 2. The lowest BCUT2D eigenvalue weighted by molar-refractivity contribution is 0.0857. The highest BCUT2D eigenvalue weighted by atomic mass is 35.5. The van der Waals surface area contributed by atoms with Gasteiger partial charge in [0.05, 0.1) is 11.4 Å². The number of nitrogens with one attached hydrogen (secondary N) is 1. The maximum atomic E-state index is 11.2. The van der Waals surface area contributed by atoms with E-state index in [0.29, 0.717) is 12.3 Å². The van der Waals surface area contributed by atoms with Crippen LogP contribution in [0, 0.1) is 0 Å². The van der Waals surface area contributed by atoms with Crippen molar-refractivity contribution in [3.8, 4) is 0 Å². The van der Waals surface area contributed by atoms with Gasteiger partial charge in [-0.2, -0.15) is 0 Å². The highest BCUT2D eigenvalue weighted by Gasteiger charge is 2.17. The molecule has 0 aromatic rings. The largest absolute Gasteiger partial charge is 0.389 e. The van der Waals surface area contributed by atoms with Gasteiger partial charge in [-0.25, -0.2) is 13.1 Å². The van der Waals surface area contributed by atoms with Crippen molar-refractivity contribution in [1.82, 2.24) is 4.72 Å². The summed E-state index contributed by atoms with van der Waals surface area (Å²) in [6, 6.07) is 0. The maximum Gasteiger partial charge on any atom is 0.211 e. The van der Waals surface area contributed by atoms with E-state index in [1.165, 1.54) is 13.8 Å². The minimum Gasteiger partial charge on any atom is -0.389 e. The van der Waals surface area contributed by atoms with E-state index in [2.05, 4.69) is 4.72 Å². The lowest BCUT2D eigenvalue weighted by atomic mass is 10.1. The summed E-state index contributed by atoms with van der Waals surface area (Å²) >= 11 is 5.36. The molecule has 0 spiro atoms. The fraction of sp³-hybridized carbons (Fsp3) is 1.00. The molecule has 0 atom stereocenters. The second-order valence-corrected chi connectivity index (χ2v) is 5.80. The van der Waals surface area contributed by atoms with Crippen LogP contribution in [-0.2, 0) is 10.0 Å². The Balaban J connectivity index is 3.91. The number of halogens is 1. The van der Waals surface area contributed by atoms with Crippen LogP contribution in [0.15, 0.2) is 0 Å². The van der Waals surface area contributed by atoms with Gasteiger partial charge in [0.1, 0.15) is 0 Å². The van der Waals surface area contributed by atoms with E-state index in [9.17, 15) is 13.5 Å². The molecule has 13 heavy (non-hydrogen) atoms. The van der Waals surface area contributed by atoms with E-state index >= 15 is 0 Å². The van der Waals surface area contributed by atoms with Crippen molar-refractivity contribution in [3.05, 3.63) is 0 Å². The quantitative estimate of drug-likeness (QED) is 0.644. The van der Waals surface area contributed by atoms with Gasteiger partial charge in [-0.15, -0.1) is 11.6 Å². The molecule has 0 aliphatic carbocycles. The summed E-state index contributed by atoms with van der Waals surface area (Å²) in [4.78, 5) is 0.